The minimum absolute atomic E-state index is 0.213. The number of amidine groups is 1. The van der Waals surface area contributed by atoms with Gasteiger partial charge in [0.25, 0.3) is 0 Å². The molecule has 0 aromatic carbocycles. The average Bonchev–Trinajstić information content (AvgIpc) is 1.96. The third-order valence-electron chi connectivity index (χ3n) is 0.622. The fourth-order valence-electron chi connectivity index (χ4n) is 0. The lowest BCUT2D eigenvalue weighted by molar-refractivity contribution is 0.632. The highest BCUT2D eigenvalue weighted by atomic mass is 35.5. The van der Waals surface area contributed by atoms with Gasteiger partial charge in [0.1, 0.15) is 0 Å². The van der Waals surface area contributed by atoms with E-state index in [1.807, 2.05) is 13.8 Å². The molecule has 0 bridgehead atoms. The Labute approximate surface area is 70.4 Å². The van der Waals surface area contributed by atoms with Crippen molar-refractivity contribution in [2.24, 2.45) is 11.7 Å². The monoisotopic (exact) mass is 190 g/mol. The van der Waals surface area contributed by atoms with E-state index in [0.717, 1.165) is 0 Å². The summed E-state index contributed by atoms with van der Waals surface area (Å²) < 4.78 is 12.9. The Hall–Kier alpha value is -0.0300. The van der Waals surface area contributed by atoms with Crippen molar-refractivity contribution < 1.29 is 9.32 Å². The summed E-state index contributed by atoms with van der Waals surface area (Å²) in [5, 5.41) is 6.73. The van der Waals surface area contributed by atoms with Crippen LogP contribution in [0.3, 0.4) is 0 Å². The van der Waals surface area contributed by atoms with Crippen molar-refractivity contribution in [3.63, 3.8) is 0 Å². The topological polar surface area (TPSA) is 90.3 Å². The Balaban J connectivity index is -0.000000105. The van der Waals surface area contributed by atoms with Gasteiger partial charge in [0.15, 0.2) is 0 Å². The summed E-state index contributed by atoms with van der Waals surface area (Å²) in [5.41, 5.74) is 5.02. The number of nitrogens with two attached hydrogens (primary N) is 1. The lowest BCUT2D eigenvalue weighted by atomic mass is 10.2. The molecule has 0 unspecified atom stereocenters. The molecule has 64 valence electrons. The molecule has 0 aromatic heterocycles. The van der Waals surface area contributed by atoms with E-state index < -0.39 is 0 Å². The largest absolute Gasteiger partial charge is 0.387 e. The molecule has 0 fully saturated rings. The molecule has 0 aromatic rings. The minimum atomic E-state index is 0.213. The quantitative estimate of drug-likeness (QED) is 0.365. The van der Waals surface area contributed by atoms with Gasteiger partial charge in [-0.2, -0.15) is 0 Å². The third kappa shape index (κ3) is 24.6. The first-order valence-corrected chi connectivity index (χ1v) is 3.00. The first-order valence-electron chi connectivity index (χ1n) is 2.32. The smallest absolute Gasteiger partial charge is 0.0931 e. The van der Waals surface area contributed by atoms with Crippen LogP contribution in [-0.2, 0) is 0 Å². The molecule has 0 saturated heterocycles. The first kappa shape index (κ1) is 16.5. The van der Waals surface area contributed by atoms with E-state index in [9.17, 15) is 0 Å². The zero-order chi connectivity index (χ0) is 9.15. The summed E-state index contributed by atoms with van der Waals surface area (Å²) in [6, 6.07) is 0. The van der Waals surface area contributed by atoms with Crippen molar-refractivity contribution in [2.45, 2.75) is 13.8 Å². The molecule has 6 heteroatoms. The maximum atomic E-state index is 6.73. The third-order valence-corrected chi connectivity index (χ3v) is 0.622. The minimum Gasteiger partial charge on any atom is -0.387 e. The highest BCUT2D eigenvalue weighted by Crippen LogP contribution is 1.85. The second-order valence-corrected chi connectivity index (χ2v) is 1.61. The number of nitrogens with one attached hydrogen (secondary N) is 1. The average molecular weight is 191 g/mol. The van der Waals surface area contributed by atoms with Crippen molar-refractivity contribution in [2.75, 3.05) is 0 Å². The molecule has 0 saturated carbocycles. The van der Waals surface area contributed by atoms with Crippen LogP contribution in [0.4, 0.5) is 0 Å². The van der Waals surface area contributed by atoms with Crippen molar-refractivity contribution in [3.8, 4) is 0 Å². The second kappa shape index (κ2) is 16.0. The van der Waals surface area contributed by atoms with Crippen molar-refractivity contribution in [1.29, 1.82) is 5.41 Å². The van der Waals surface area contributed by atoms with Crippen LogP contribution in [0, 0.1) is 11.3 Å². The highest BCUT2D eigenvalue weighted by molar-refractivity contribution is 6.05. The fraction of sp³-hybridized carbons (Fsp3) is 0.750. The van der Waals surface area contributed by atoms with E-state index in [1.165, 1.54) is 0 Å². The van der Waals surface area contributed by atoms with Crippen LogP contribution >= 0.6 is 23.7 Å². The normalized spacial score (nSPS) is 6.70. The molecule has 4 nitrogen and oxygen atoms in total. The molecule has 10 heavy (non-hydrogen) atoms. The van der Waals surface area contributed by atoms with Gasteiger partial charge < -0.3 is 5.73 Å². The zero-order valence-corrected chi connectivity index (χ0v) is 7.32. The molecule has 5 N–H and O–H groups in total. The van der Waals surface area contributed by atoms with E-state index in [2.05, 4.69) is 23.7 Å². The maximum Gasteiger partial charge on any atom is 0.0931 e. The van der Waals surface area contributed by atoms with Gasteiger partial charge >= 0.3 is 0 Å². The van der Waals surface area contributed by atoms with Crippen molar-refractivity contribution in [1.82, 2.24) is 0 Å². The number of hydrogen-bond acceptors (Lipinski definition) is 3. The summed E-state index contributed by atoms with van der Waals surface area (Å²) in [6.07, 6.45) is 0. The van der Waals surface area contributed by atoms with E-state index in [0.29, 0.717) is 0 Å². The van der Waals surface area contributed by atoms with E-state index in [-0.39, 0.29) is 11.8 Å². The zero-order valence-electron chi connectivity index (χ0n) is 5.81. The molecule has 0 atom stereocenters. The fourth-order valence-corrected chi connectivity index (χ4v) is 0. The van der Waals surface area contributed by atoms with Crippen LogP contribution in [0.1, 0.15) is 13.8 Å². The molecular formula is C4H12Cl2N2O2. The van der Waals surface area contributed by atoms with Crippen LogP contribution in [0.5, 0.6) is 0 Å². The maximum absolute atomic E-state index is 6.73. The van der Waals surface area contributed by atoms with Crippen LogP contribution in [-0.4, -0.2) is 15.2 Å². The summed E-state index contributed by atoms with van der Waals surface area (Å²) in [7, 11) is 0. The van der Waals surface area contributed by atoms with Gasteiger partial charge in [0, 0.05) is 5.92 Å². The van der Waals surface area contributed by atoms with Crippen molar-refractivity contribution >= 4 is 29.6 Å². The van der Waals surface area contributed by atoms with Crippen LogP contribution in [0.15, 0.2) is 0 Å². The number of rotatable bonds is 1. The number of halogens is 2. The molecule has 0 amide bonds. The predicted molar refractivity (Wildman–Crippen MR) is 42.9 cm³/mol. The predicted octanol–water partition coefficient (Wildman–Crippen LogP) is 0.843. The lowest BCUT2D eigenvalue weighted by Crippen LogP contribution is -2.16. The molecular weight excluding hydrogens is 179 g/mol. The van der Waals surface area contributed by atoms with Crippen LogP contribution < -0.4 is 5.73 Å². The lowest BCUT2D eigenvalue weighted by Gasteiger charge is -1.95. The van der Waals surface area contributed by atoms with Gasteiger partial charge in [0.2, 0.25) is 0 Å². The van der Waals surface area contributed by atoms with Gasteiger partial charge in [0.05, 0.1) is 29.6 Å². The van der Waals surface area contributed by atoms with Crippen molar-refractivity contribution in [3.05, 3.63) is 0 Å². The Bertz CT molecular complexity index is 70.3. The summed E-state index contributed by atoms with van der Waals surface area (Å²) in [5.74, 6) is 0.472. The van der Waals surface area contributed by atoms with Gasteiger partial charge in [-0.05, 0) is 0 Å². The van der Waals surface area contributed by atoms with Gasteiger partial charge in [-0.1, -0.05) is 13.8 Å². The van der Waals surface area contributed by atoms with Gasteiger partial charge in [-0.15, -0.1) is 0 Å². The molecule has 0 aliphatic heterocycles. The Morgan fingerprint density at radius 3 is 1.40 bits per heavy atom. The molecule has 0 heterocycles. The molecule has 0 aliphatic carbocycles. The molecule has 0 radical (unpaired) electrons. The standard InChI is InChI=1S/C4H10N2.2ClHO/c1-3(2)4(5)6;2*1-2/h3H,1-2H3,(H3,5,6);2*2H. The molecule has 0 rings (SSSR count). The van der Waals surface area contributed by atoms with E-state index in [1.54, 1.807) is 0 Å². The summed E-state index contributed by atoms with van der Waals surface area (Å²) >= 11 is 7.28. The highest BCUT2D eigenvalue weighted by Gasteiger charge is 1.91. The second-order valence-electron chi connectivity index (χ2n) is 1.61. The molecule has 0 aliphatic rings. The van der Waals surface area contributed by atoms with E-state index >= 15 is 0 Å². The summed E-state index contributed by atoms with van der Waals surface area (Å²) in [6.45, 7) is 3.78. The van der Waals surface area contributed by atoms with Crippen LogP contribution in [0.2, 0.25) is 0 Å². The Kier molecular flexibility index (Phi) is 26.4. The van der Waals surface area contributed by atoms with Crippen LogP contribution in [0.25, 0.3) is 0 Å². The Morgan fingerprint density at radius 2 is 1.40 bits per heavy atom. The summed E-state index contributed by atoms with van der Waals surface area (Å²) in [4.78, 5) is 0. The Morgan fingerprint density at radius 1 is 1.30 bits per heavy atom. The SMILES string of the molecule is CC(C)C(=N)N.OCl.OCl. The first-order chi connectivity index (χ1) is 4.64. The molecule has 0 spiro atoms. The van der Waals surface area contributed by atoms with Gasteiger partial charge in [-0.3, -0.25) is 14.7 Å². The van der Waals surface area contributed by atoms with E-state index in [4.69, 9.17) is 20.5 Å². The van der Waals surface area contributed by atoms with Gasteiger partial charge in [-0.25, -0.2) is 0 Å². The number of hydrogen-bond donors (Lipinski definition) is 4.